The Hall–Kier alpha value is -0.820. The van der Waals surface area contributed by atoms with Gasteiger partial charge in [-0.15, -0.1) is 0 Å². The lowest BCUT2D eigenvalue weighted by atomic mass is 9.99. The van der Waals surface area contributed by atoms with Crippen LogP contribution in [0.4, 0.5) is 0 Å². The van der Waals surface area contributed by atoms with E-state index < -0.39 is 0 Å². The number of hydrogen-bond donors (Lipinski definition) is 1. The molecule has 1 N–H and O–H groups in total. The molecule has 0 heterocycles. The van der Waals surface area contributed by atoms with Gasteiger partial charge >= 0.3 is 0 Å². The maximum Gasteiger partial charge on any atom is 0.0684 e. The first-order chi connectivity index (χ1) is 5.83. The molecule has 0 unspecified atom stereocenters. The summed E-state index contributed by atoms with van der Waals surface area (Å²) in [5, 5.41) is 9.09. The van der Waals surface area contributed by atoms with E-state index in [2.05, 4.69) is 19.1 Å². The Morgan fingerprint density at radius 3 is 2.75 bits per heavy atom. The van der Waals surface area contributed by atoms with Crippen LogP contribution in [0.3, 0.4) is 0 Å². The van der Waals surface area contributed by atoms with Gasteiger partial charge in [-0.25, -0.2) is 0 Å². The molecule has 0 spiro atoms. The minimum atomic E-state index is 0.197. The molecule has 1 aromatic carbocycles. The Balaban J connectivity index is 2.57. The van der Waals surface area contributed by atoms with Gasteiger partial charge in [0.2, 0.25) is 0 Å². The highest BCUT2D eigenvalue weighted by Crippen LogP contribution is 2.28. The second-order valence-corrected chi connectivity index (χ2v) is 3.51. The van der Waals surface area contributed by atoms with Gasteiger partial charge in [-0.1, -0.05) is 12.1 Å². The van der Waals surface area contributed by atoms with Gasteiger partial charge in [0.15, 0.2) is 0 Å². The Bertz CT molecular complexity index is 302. The molecule has 0 radical (unpaired) electrons. The van der Waals surface area contributed by atoms with Crippen molar-refractivity contribution in [2.45, 2.75) is 32.8 Å². The molecule has 1 aliphatic rings. The smallest absolute Gasteiger partial charge is 0.0684 e. The standard InChI is InChI=1S/C11H14O/c1-8-5-6-9(7-12)11-4-2-3-10(8)11/h5-6,12H,2-4,7H2,1H3. The van der Waals surface area contributed by atoms with Gasteiger partial charge in [-0.3, -0.25) is 0 Å². The van der Waals surface area contributed by atoms with Crippen LogP contribution in [0, 0.1) is 6.92 Å². The molecule has 0 aromatic heterocycles. The normalized spacial score (nSPS) is 14.8. The molecular weight excluding hydrogens is 148 g/mol. The molecule has 1 aliphatic carbocycles. The molecule has 0 bridgehead atoms. The highest BCUT2D eigenvalue weighted by molar-refractivity contribution is 5.43. The van der Waals surface area contributed by atoms with Crippen molar-refractivity contribution >= 4 is 0 Å². The lowest BCUT2D eigenvalue weighted by Crippen LogP contribution is -1.94. The summed E-state index contributed by atoms with van der Waals surface area (Å²) in [6, 6.07) is 4.18. The predicted molar refractivity (Wildman–Crippen MR) is 49.1 cm³/mol. The van der Waals surface area contributed by atoms with Crippen molar-refractivity contribution in [2.24, 2.45) is 0 Å². The van der Waals surface area contributed by atoms with Crippen LogP contribution in [0.1, 0.15) is 28.7 Å². The fourth-order valence-electron chi connectivity index (χ4n) is 2.11. The lowest BCUT2D eigenvalue weighted by Gasteiger charge is -2.07. The summed E-state index contributed by atoms with van der Waals surface area (Å²) in [6.45, 7) is 2.36. The molecule has 1 heteroatoms. The number of aryl methyl sites for hydroxylation is 1. The third-order valence-electron chi connectivity index (χ3n) is 2.79. The van der Waals surface area contributed by atoms with Crippen LogP contribution in [0.25, 0.3) is 0 Å². The molecule has 0 fully saturated rings. The van der Waals surface area contributed by atoms with Crippen LogP contribution < -0.4 is 0 Å². The summed E-state index contributed by atoms with van der Waals surface area (Å²) in [5.41, 5.74) is 5.42. The first kappa shape index (κ1) is 7.81. The SMILES string of the molecule is Cc1ccc(CO)c2c1CCC2. The highest BCUT2D eigenvalue weighted by atomic mass is 16.3. The van der Waals surface area contributed by atoms with E-state index in [0.29, 0.717) is 0 Å². The van der Waals surface area contributed by atoms with Crippen LogP contribution in [0.2, 0.25) is 0 Å². The average molecular weight is 162 g/mol. The second kappa shape index (κ2) is 2.91. The number of rotatable bonds is 1. The van der Waals surface area contributed by atoms with E-state index in [0.717, 1.165) is 12.0 Å². The van der Waals surface area contributed by atoms with Gasteiger partial charge in [-0.05, 0) is 48.4 Å². The van der Waals surface area contributed by atoms with Crippen LogP contribution in [-0.4, -0.2) is 5.11 Å². The zero-order valence-corrected chi connectivity index (χ0v) is 7.43. The highest BCUT2D eigenvalue weighted by Gasteiger charge is 2.15. The molecule has 1 aromatic rings. The molecular formula is C11H14O. The predicted octanol–water partition coefficient (Wildman–Crippen LogP) is 1.98. The van der Waals surface area contributed by atoms with E-state index in [4.69, 9.17) is 5.11 Å². The number of benzene rings is 1. The molecule has 0 aliphatic heterocycles. The first-order valence-corrected chi connectivity index (χ1v) is 4.54. The maximum absolute atomic E-state index is 9.09. The van der Waals surface area contributed by atoms with Crippen molar-refractivity contribution in [3.05, 3.63) is 34.4 Å². The van der Waals surface area contributed by atoms with Crippen LogP contribution in [-0.2, 0) is 19.4 Å². The summed E-state index contributed by atoms with van der Waals surface area (Å²) in [7, 11) is 0. The van der Waals surface area contributed by atoms with Crippen molar-refractivity contribution in [1.29, 1.82) is 0 Å². The zero-order chi connectivity index (χ0) is 8.55. The third-order valence-corrected chi connectivity index (χ3v) is 2.79. The van der Waals surface area contributed by atoms with E-state index in [1.54, 1.807) is 0 Å². The van der Waals surface area contributed by atoms with Crippen molar-refractivity contribution in [3.63, 3.8) is 0 Å². The van der Waals surface area contributed by atoms with E-state index >= 15 is 0 Å². The Morgan fingerprint density at radius 2 is 2.00 bits per heavy atom. The zero-order valence-electron chi connectivity index (χ0n) is 7.43. The Labute approximate surface area is 73.0 Å². The fourth-order valence-corrected chi connectivity index (χ4v) is 2.11. The summed E-state index contributed by atoms with van der Waals surface area (Å²) < 4.78 is 0. The van der Waals surface area contributed by atoms with Crippen molar-refractivity contribution in [3.8, 4) is 0 Å². The Kier molecular flexibility index (Phi) is 1.89. The summed E-state index contributed by atoms with van der Waals surface area (Å²) in [5.74, 6) is 0. The quantitative estimate of drug-likeness (QED) is 0.669. The van der Waals surface area contributed by atoms with Gasteiger partial charge in [0.25, 0.3) is 0 Å². The molecule has 2 rings (SSSR count). The van der Waals surface area contributed by atoms with Gasteiger partial charge in [0.05, 0.1) is 6.61 Å². The van der Waals surface area contributed by atoms with Crippen molar-refractivity contribution in [2.75, 3.05) is 0 Å². The molecule has 0 atom stereocenters. The summed E-state index contributed by atoms with van der Waals surface area (Å²) in [6.07, 6.45) is 3.62. The minimum absolute atomic E-state index is 0.197. The van der Waals surface area contributed by atoms with Crippen molar-refractivity contribution in [1.82, 2.24) is 0 Å². The maximum atomic E-state index is 9.09. The van der Waals surface area contributed by atoms with Gasteiger partial charge in [0.1, 0.15) is 0 Å². The molecule has 0 saturated carbocycles. The number of hydrogen-bond acceptors (Lipinski definition) is 1. The molecule has 64 valence electrons. The molecule has 0 saturated heterocycles. The summed E-state index contributed by atoms with van der Waals surface area (Å²) >= 11 is 0. The molecule has 1 nitrogen and oxygen atoms in total. The molecule has 0 amide bonds. The van der Waals surface area contributed by atoms with Crippen LogP contribution in [0.15, 0.2) is 12.1 Å². The summed E-state index contributed by atoms with van der Waals surface area (Å²) in [4.78, 5) is 0. The third kappa shape index (κ3) is 1.05. The van der Waals surface area contributed by atoms with Gasteiger partial charge in [-0.2, -0.15) is 0 Å². The molecule has 12 heavy (non-hydrogen) atoms. The largest absolute Gasteiger partial charge is 0.392 e. The lowest BCUT2D eigenvalue weighted by molar-refractivity contribution is 0.280. The Morgan fingerprint density at radius 1 is 1.25 bits per heavy atom. The van der Waals surface area contributed by atoms with Crippen molar-refractivity contribution < 1.29 is 5.11 Å². The monoisotopic (exact) mass is 162 g/mol. The van der Waals surface area contributed by atoms with Crippen LogP contribution in [0.5, 0.6) is 0 Å². The number of aliphatic hydroxyl groups excluding tert-OH is 1. The van der Waals surface area contributed by atoms with Crippen LogP contribution >= 0.6 is 0 Å². The van der Waals surface area contributed by atoms with E-state index in [-0.39, 0.29) is 6.61 Å². The minimum Gasteiger partial charge on any atom is -0.392 e. The van der Waals surface area contributed by atoms with Gasteiger partial charge in [0, 0.05) is 0 Å². The fraction of sp³-hybridized carbons (Fsp3) is 0.455. The average Bonchev–Trinajstić information content (AvgIpc) is 2.54. The number of aliphatic hydroxyl groups is 1. The second-order valence-electron chi connectivity index (χ2n) is 3.51. The first-order valence-electron chi connectivity index (χ1n) is 4.54. The topological polar surface area (TPSA) is 20.2 Å². The van der Waals surface area contributed by atoms with E-state index in [1.807, 2.05) is 0 Å². The number of fused-ring (bicyclic) bond motifs is 1. The van der Waals surface area contributed by atoms with Gasteiger partial charge < -0.3 is 5.11 Å². The van der Waals surface area contributed by atoms with E-state index in [1.165, 1.54) is 29.5 Å². The van der Waals surface area contributed by atoms with E-state index in [9.17, 15) is 0 Å².